The third-order valence-electron chi connectivity index (χ3n) is 5.06. The fraction of sp³-hybridized carbons (Fsp3) is 0.500. The molecule has 1 aliphatic heterocycles. The van der Waals surface area contributed by atoms with Crippen LogP contribution in [0.4, 0.5) is 0 Å². The van der Waals surface area contributed by atoms with E-state index in [-0.39, 0.29) is 11.3 Å². The van der Waals surface area contributed by atoms with E-state index >= 15 is 0 Å². The molecule has 1 amide bonds. The highest BCUT2D eigenvalue weighted by Crippen LogP contribution is 2.64. The number of rotatable bonds is 2. The first-order valence-electron chi connectivity index (χ1n) is 7.67. The molecule has 1 saturated carbocycles. The second-order valence-corrected chi connectivity index (χ2v) is 6.32. The van der Waals surface area contributed by atoms with Crippen molar-refractivity contribution in [3.8, 4) is 11.5 Å². The van der Waals surface area contributed by atoms with Gasteiger partial charge >= 0.3 is 0 Å². The van der Waals surface area contributed by atoms with Crippen molar-refractivity contribution < 1.29 is 9.32 Å². The van der Waals surface area contributed by atoms with Gasteiger partial charge < -0.3 is 9.42 Å². The number of carbonyl (C=O) groups is 1. The van der Waals surface area contributed by atoms with Crippen molar-refractivity contribution in [1.29, 1.82) is 0 Å². The molecule has 0 aromatic carbocycles. The SMILES string of the molecule is CC(=O)N1CCC2(CC1)CC2c1noc(-c2cccnc2)n1. The maximum absolute atomic E-state index is 11.4. The van der Waals surface area contributed by atoms with Gasteiger partial charge in [0, 0.05) is 38.3 Å². The molecule has 1 unspecified atom stereocenters. The number of piperidine rings is 1. The molecule has 6 heteroatoms. The van der Waals surface area contributed by atoms with E-state index in [1.165, 1.54) is 0 Å². The summed E-state index contributed by atoms with van der Waals surface area (Å²) in [7, 11) is 0. The van der Waals surface area contributed by atoms with Crippen LogP contribution in [-0.4, -0.2) is 39.0 Å². The molecule has 2 aromatic heterocycles. The molecule has 22 heavy (non-hydrogen) atoms. The number of pyridine rings is 1. The third-order valence-corrected chi connectivity index (χ3v) is 5.06. The lowest BCUT2D eigenvalue weighted by Crippen LogP contribution is -2.38. The van der Waals surface area contributed by atoms with E-state index in [0.29, 0.717) is 11.8 Å². The maximum Gasteiger partial charge on any atom is 0.259 e. The minimum Gasteiger partial charge on any atom is -0.343 e. The Hall–Kier alpha value is -2.24. The Kier molecular flexibility index (Phi) is 2.99. The van der Waals surface area contributed by atoms with Crippen molar-refractivity contribution in [1.82, 2.24) is 20.0 Å². The zero-order valence-corrected chi connectivity index (χ0v) is 12.5. The van der Waals surface area contributed by atoms with Crippen LogP contribution in [0.15, 0.2) is 29.0 Å². The van der Waals surface area contributed by atoms with Crippen molar-refractivity contribution in [3.05, 3.63) is 30.4 Å². The molecule has 2 fully saturated rings. The Balaban J connectivity index is 1.47. The molecule has 2 aromatic rings. The maximum atomic E-state index is 11.4. The molecule has 1 atom stereocenters. The summed E-state index contributed by atoms with van der Waals surface area (Å²) in [5.41, 5.74) is 1.13. The Morgan fingerprint density at radius 2 is 2.23 bits per heavy atom. The predicted octanol–water partition coefficient (Wildman–Crippen LogP) is 2.25. The van der Waals surface area contributed by atoms with Crippen molar-refractivity contribution in [2.45, 2.75) is 32.1 Å². The average molecular weight is 298 g/mol. The molecular weight excluding hydrogens is 280 g/mol. The van der Waals surface area contributed by atoms with E-state index in [1.54, 1.807) is 19.3 Å². The van der Waals surface area contributed by atoms with Crippen LogP contribution in [0, 0.1) is 5.41 Å². The summed E-state index contributed by atoms with van der Waals surface area (Å²) in [5, 5.41) is 4.16. The molecule has 1 saturated heterocycles. The van der Waals surface area contributed by atoms with Crippen LogP contribution in [0.25, 0.3) is 11.5 Å². The normalized spacial score (nSPS) is 22.8. The molecule has 4 rings (SSSR count). The van der Waals surface area contributed by atoms with Crippen LogP contribution in [-0.2, 0) is 4.79 Å². The standard InChI is InChI=1S/C16H18N4O2/c1-11(21)20-7-4-16(5-8-20)9-13(16)14-18-15(22-19-14)12-3-2-6-17-10-12/h2-3,6,10,13H,4-5,7-9H2,1H3. The Morgan fingerprint density at radius 1 is 1.41 bits per heavy atom. The van der Waals surface area contributed by atoms with E-state index in [9.17, 15) is 4.79 Å². The van der Waals surface area contributed by atoms with Gasteiger partial charge in [0.25, 0.3) is 5.89 Å². The van der Waals surface area contributed by atoms with Gasteiger partial charge in [-0.3, -0.25) is 9.78 Å². The van der Waals surface area contributed by atoms with Crippen molar-refractivity contribution in [2.75, 3.05) is 13.1 Å². The van der Waals surface area contributed by atoms with E-state index < -0.39 is 0 Å². The van der Waals surface area contributed by atoms with Gasteiger partial charge in [-0.25, -0.2) is 0 Å². The highest BCUT2D eigenvalue weighted by molar-refractivity contribution is 5.73. The summed E-state index contributed by atoms with van der Waals surface area (Å²) in [6.07, 6.45) is 6.62. The van der Waals surface area contributed by atoms with E-state index in [0.717, 1.165) is 43.7 Å². The lowest BCUT2D eigenvalue weighted by Gasteiger charge is -2.31. The van der Waals surface area contributed by atoms with Crippen molar-refractivity contribution >= 4 is 5.91 Å². The number of likely N-dealkylation sites (tertiary alicyclic amines) is 1. The Bertz CT molecular complexity index is 689. The highest BCUT2D eigenvalue weighted by atomic mass is 16.5. The predicted molar refractivity (Wildman–Crippen MR) is 78.8 cm³/mol. The van der Waals surface area contributed by atoms with Crippen molar-refractivity contribution in [2.24, 2.45) is 5.41 Å². The van der Waals surface area contributed by atoms with E-state index in [2.05, 4.69) is 15.1 Å². The van der Waals surface area contributed by atoms with Crippen molar-refractivity contribution in [3.63, 3.8) is 0 Å². The zero-order valence-electron chi connectivity index (χ0n) is 12.5. The number of nitrogens with zero attached hydrogens (tertiary/aromatic N) is 4. The van der Waals surface area contributed by atoms with Gasteiger partial charge in [-0.05, 0) is 36.8 Å². The van der Waals surface area contributed by atoms with Gasteiger partial charge in [0.2, 0.25) is 5.91 Å². The summed E-state index contributed by atoms with van der Waals surface area (Å²) < 4.78 is 5.38. The first-order valence-corrected chi connectivity index (χ1v) is 7.67. The molecule has 1 spiro atoms. The van der Waals surface area contributed by atoms with E-state index in [1.807, 2.05) is 17.0 Å². The molecular formula is C16H18N4O2. The molecule has 6 nitrogen and oxygen atoms in total. The molecule has 114 valence electrons. The smallest absolute Gasteiger partial charge is 0.259 e. The van der Waals surface area contributed by atoms with Gasteiger partial charge in [-0.1, -0.05) is 5.16 Å². The van der Waals surface area contributed by atoms with Gasteiger partial charge in [-0.15, -0.1) is 0 Å². The Labute approximate surface area is 128 Å². The third kappa shape index (κ3) is 2.19. The van der Waals surface area contributed by atoms with Gasteiger partial charge in [0.1, 0.15) is 0 Å². The fourth-order valence-corrected chi connectivity index (χ4v) is 3.52. The zero-order chi connectivity index (χ0) is 15.2. The molecule has 2 aliphatic rings. The quantitative estimate of drug-likeness (QED) is 0.850. The van der Waals surface area contributed by atoms with Crippen LogP contribution in [0.5, 0.6) is 0 Å². The first-order chi connectivity index (χ1) is 10.7. The molecule has 0 radical (unpaired) electrons. The van der Waals surface area contributed by atoms with Crippen LogP contribution >= 0.6 is 0 Å². The Morgan fingerprint density at radius 3 is 2.91 bits per heavy atom. The molecule has 0 N–H and O–H groups in total. The molecule has 0 bridgehead atoms. The van der Waals surface area contributed by atoms with E-state index in [4.69, 9.17) is 4.52 Å². The van der Waals surface area contributed by atoms with Gasteiger partial charge in [0.05, 0.1) is 5.56 Å². The summed E-state index contributed by atoms with van der Waals surface area (Å²) in [5.74, 6) is 1.88. The van der Waals surface area contributed by atoms with Crippen LogP contribution < -0.4 is 0 Å². The van der Waals surface area contributed by atoms with Gasteiger partial charge in [0.15, 0.2) is 5.82 Å². The second kappa shape index (κ2) is 4.90. The van der Waals surface area contributed by atoms with Crippen LogP contribution in [0.3, 0.4) is 0 Å². The lowest BCUT2D eigenvalue weighted by atomic mass is 9.90. The summed E-state index contributed by atoms with van der Waals surface area (Å²) >= 11 is 0. The largest absolute Gasteiger partial charge is 0.343 e. The first kappa shape index (κ1) is 13.4. The number of aromatic nitrogens is 3. The minimum atomic E-state index is 0.172. The molecule has 3 heterocycles. The minimum absolute atomic E-state index is 0.172. The van der Waals surface area contributed by atoms with Crippen LogP contribution in [0.2, 0.25) is 0 Å². The molecule has 1 aliphatic carbocycles. The summed E-state index contributed by atoms with van der Waals surface area (Å²) in [4.78, 5) is 22.0. The number of amides is 1. The van der Waals surface area contributed by atoms with Gasteiger partial charge in [-0.2, -0.15) is 4.98 Å². The fourth-order valence-electron chi connectivity index (χ4n) is 3.52. The number of hydrogen-bond donors (Lipinski definition) is 0. The van der Waals surface area contributed by atoms with Crippen LogP contribution in [0.1, 0.15) is 37.9 Å². The summed E-state index contributed by atoms with van der Waals surface area (Å²) in [6.45, 7) is 3.33. The summed E-state index contributed by atoms with van der Waals surface area (Å²) in [6, 6.07) is 3.77. The lowest BCUT2D eigenvalue weighted by molar-refractivity contribution is -0.130. The monoisotopic (exact) mass is 298 g/mol. The number of hydrogen-bond acceptors (Lipinski definition) is 5. The highest BCUT2D eigenvalue weighted by Gasteiger charge is 2.57. The second-order valence-electron chi connectivity index (χ2n) is 6.32. The topological polar surface area (TPSA) is 72.1 Å². The number of carbonyl (C=O) groups excluding carboxylic acids is 1. The average Bonchev–Trinajstić information content (AvgIpc) is 3.02.